The summed E-state index contributed by atoms with van der Waals surface area (Å²) in [4.78, 5) is 24.3. The van der Waals surface area contributed by atoms with Crippen LogP contribution in [0.5, 0.6) is 5.75 Å². The van der Waals surface area contributed by atoms with E-state index in [0.717, 1.165) is 5.56 Å². The molecule has 2 amide bonds. The van der Waals surface area contributed by atoms with Crippen LogP contribution in [0.1, 0.15) is 39.2 Å². The largest absolute Gasteiger partial charge is 0.491 e. The van der Waals surface area contributed by atoms with Crippen LogP contribution in [0, 0.1) is 0 Å². The highest BCUT2D eigenvalue weighted by molar-refractivity contribution is 6.43. The third kappa shape index (κ3) is 5.35. The SMILES string of the molecule is CC(C)Oc1ccc(NC(=O)C(=O)Nc2ccccc2C(C)C)cc1. The topological polar surface area (TPSA) is 67.4 Å². The first-order chi connectivity index (χ1) is 11.9. The summed E-state index contributed by atoms with van der Waals surface area (Å²) in [6.45, 7) is 7.95. The number of ether oxygens (including phenoxy) is 1. The molecule has 0 radical (unpaired) electrons. The molecule has 0 aromatic heterocycles. The Bertz CT molecular complexity index is 737. The van der Waals surface area contributed by atoms with E-state index in [1.165, 1.54) is 0 Å². The van der Waals surface area contributed by atoms with Crippen molar-refractivity contribution in [1.82, 2.24) is 0 Å². The molecule has 0 saturated carbocycles. The number of amides is 2. The molecule has 0 aliphatic heterocycles. The molecule has 0 atom stereocenters. The molecule has 5 heteroatoms. The number of carbonyl (C=O) groups is 2. The van der Waals surface area contributed by atoms with E-state index < -0.39 is 11.8 Å². The highest BCUT2D eigenvalue weighted by Gasteiger charge is 2.16. The van der Waals surface area contributed by atoms with Crippen LogP contribution in [-0.2, 0) is 9.59 Å². The Hall–Kier alpha value is -2.82. The fourth-order valence-corrected chi connectivity index (χ4v) is 2.37. The third-order valence-corrected chi connectivity index (χ3v) is 3.52. The summed E-state index contributed by atoms with van der Waals surface area (Å²) < 4.78 is 5.54. The summed E-state index contributed by atoms with van der Waals surface area (Å²) >= 11 is 0. The van der Waals surface area contributed by atoms with Crippen LogP contribution in [0.4, 0.5) is 11.4 Å². The van der Waals surface area contributed by atoms with E-state index in [1.807, 2.05) is 45.9 Å². The minimum Gasteiger partial charge on any atom is -0.491 e. The Morgan fingerprint density at radius 3 is 2.04 bits per heavy atom. The van der Waals surface area contributed by atoms with Gasteiger partial charge in [-0.1, -0.05) is 32.0 Å². The normalized spacial score (nSPS) is 10.6. The summed E-state index contributed by atoms with van der Waals surface area (Å²) in [5, 5.41) is 5.26. The molecule has 2 N–H and O–H groups in total. The molecule has 2 aromatic rings. The molecule has 0 spiro atoms. The number of anilines is 2. The van der Waals surface area contributed by atoms with Crippen LogP contribution >= 0.6 is 0 Å². The van der Waals surface area contributed by atoms with Crippen molar-refractivity contribution in [2.24, 2.45) is 0 Å². The van der Waals surface area contributed by atoms with Crippen LogP contribution in [0.15, 0.2) is 48.5 Å². The minimum atomic E-state index is -0.712. The lowest BCUT2D eigenvalue weighted by molar-refractivity contribution is -0.133. The minimum absolute atomic E-state index is 0.0762. The van der Waals surface area contributed by atoms with Gasteiger partial charge in [0.05, 0.1) is 6.10 Å². The first-order valence-electron chi connectivity index (χ1n) is 8.34. The van der Waals surface area contributed by atoms with Gasteiger partial charge < -0.3 is 15.4 Å². The van der Waals surface area contributed by atoms with Crippen molar-refractivity contribution in [3.8, 4) is 5.75 Å². The molecule has 0 fully saturated rings. The molecule has 2 rings (SSSR count). The van der Waals surface area contributed by atoms with Crippen molar-refractivity contribution >= 4 is 23.2 Å². The first-order valence-corrected chi connectivity index (χ1v) is 8.34. The smallest absolute Gasteiger partial charge is 0.314 e. The van der Waals surface area contributed by atoms with E-state index in [4.69, 9.17) is 4.74 Å². The van der Waals surface area contributed by atoms with Crippen LogP contribution in [0.2, 0.25) is 0 Å². The van der Waals surface area contributed by atoms with Crippen molar-refractivity contribution < 1.29 is 14.3 Å². The summed E-state index contributed by atoms with van der Waals surface area (Å²) in [6, 6.07) is 14.4. The highest BCUT2D eigenvalue weighted by Crippen LogP contribution is 2.23. The standard InChI is InChI=1S/C20H24N2O3/c1-13(2)17-7-5-6-8-18(17)22-20(24)19(23)21-15-9-11-16(12-10-15)25-14(3)4/h5-14H,1-4H3,(H,21,23)(H,22,24). The number of para-hydroxylation sites is 1. The molecule has 0 saturated heterocycles. The van der Waals surface area contributed by atoms with E-state index in [1.54, 1.807) is 30.3 Å². The fourth-order valence-electron chi connectivity index (χ4n) is 2.37. The van der Waals surface area contributed by atoms with Crippen LogP contribution < -0.4 is 15.4 Å². The van der Waals surface area contributed by atoms with Crippen molar-refractivity contribution in [1.29, 1.82) is 0 Å². The van der Waals surface area contributed by atoms with E-state index in [-0.39, 0.29) is 12.0 Å². The van der Waals surface area contributed by atoms with Gasteiger partial charge in [0.25, 0.3) is 0 Å². The lowest BCUT2D eigenvalue weighted by Gasteiger charge is -2.13. The Morgan fingerprint density at radius 2 is 1.44 bits per heavy atom. The van der Waals surface area contributed by atoms with Crippen molar-refractivity contribution in [2.75, 3.05) is 10.6 Å². The van der Waals surface area contributed by atoms with E-state index >= 15 is 0 Å². The molecule has 2 aromatic carbocycles. The number of carbonyl (C=O) groups excluding carboxylic acids is 2. The second-order valence-corrected chi connectivity index (χ2v) is 6.34. The van der Waals surface area contributed by atoms with Crippen LogP contribution in [-0.4, -0.2) is 17.9 Å². The van der Waals surface area contributed by atoms with Gasteiger partial charge in [0.1, 0.15) is 5.75 Å². The maximum Gasteiger partial charge on any atom is 0.314 e. The van der Waals surface area contributed by atoms with Crippen molar-refractivity contribution in [2.45, 2.75) is 39.7 Å². The Morgan fingerprint density at radius 1 is 0.840 bits per heavy atom. The third-order valence-electron chi connectivity index (χ3n) is 3.52. The van der Waals surface area contributed by atoms with Crippen LogP contribution in [0.25, 0.3) is 0 Å². The fraction of sp³-hybridized carbons (Fsp3) is 0.300. The molecule has 0 aliphatic rings. The second kappa shape index (κ2) is 8.33. The average molecular weight is 340 g/mol. The zero-order valence-corrected chi connectivity index (χ0v) is 15.0. The second-order valence-electron chi connectivity index (χ2n) is 6.34. The van der Waals surface area contributed by atoms with Gasteiger partial charge in [-0.15, -0.1) is 0 Å². The molecule has 0 heterocycles. The molecule has 132 valence electrons. The van der Waals surface area contributed by atoms with Gasteiger partial charge in [-0.2, -0.15) is 0 Å². The Kier molecular flexibility index (Phi) is 6.17. The van der Waals surface area contributed by atoms with Gasteiger partial charge in [-0.3, -0.25) is 9.59 Å². The number of nitrogens with one attached hydrogen (secondary N) is 2. The molecule has 0 aliphatic carbocycles. The Labute approximate surface area is 148 Å². The lowest BCUT2D eigenvalue weighted by Crippen LogP contribution is -2.29. The molecular weight excluding hydrogens is 316 g/mol. The monoisotopic (exact) mass is 340 g/mol. The zero-order chi connectivity index (χ0) is 18.4. The van der Waals surface area contributed by atoms with E-state index in [9.17, 15) is 9.59 Å². The first kappa shape index (κ1) is 18.5. The number of hydrogen-bond acceptors (Lipinski definition) is 3. The van der Waals surface area contributed by atoms with E-state index in [2.05, 4.69) is 10.6 Å². The maximum absolute atomic E-state index is 12.2. The van der Waals surface area contributed by atoms with Gasteiger partial charge >= 0.3 is 11.8 Å². The molecule has 0 unspecified atom stereocenters. The lowest BCUT2D eigenvalue weighted by atomic mass is 10.0. The average Bonchev–Trinajstić information content (AvgIpc) is 2.56. The van der Waals surface area contributed by atoms with Gasteiger partial charge in [-0.05, 0) is 55.7 Å². The number of hydrogen-bond donors (Lipinski definition) is 2. The maximum atomic E-state index is 12.2. The predicted molar refractivity (Wildman–Crippen MR) is 100.0 cm³/mol. The number of rotatable bonds is 5. The van der Waals surface area contributed by atoms with Crippen LogP contribution in [0.3, 0.4) is 0 Å². The molecule has 5 nitrogen and oxygen atoms in total. The van der Waals surface area contributed by atoms with Gasteiger partial charge in [0.15, 0.2) is 0 Å². The molecule has 0 bridgehead atoms. The van der Waals surface area contributed by atoms with E-state index in [0.29, 0.717) is 17.1 Å². The summed E-state index contributed by atoms with van der Waals surface area (Å²) in [5.41, 5.74) is 2.17. The number of benzene rings is 2. The van der Waals surface area contributed by atoms with Gasteiger partial charge in [0, 0.05) is 11.4 Å². The molecular formula is C20H24N2O3. The molecule has 25 heavy (non-hydrogen) atoms. The quantitative estimate of drug-likeness (QED) is 0.803. The highest BCUT2D eigenvalue weighted by atomic mass is 16.5. The van der Waals surface area contributed by atoms with Crippen molar-refractivity contribution in [3.05, 3.63) is 54.1 Å². The summed E-state index contributed by atoms with van der Waals surface area (Å²) in [6.07, 6.45) is 0.0762. The van der Waals surface area contributed by atoms with Crippen molar-refractivity contribution in [3.63, 3.8) is 0 Å². The zero-order valence-electron chi connectivity index (χ0n) is 15.0. The predicted octanol–water partition coefficient (Wildman–Crippen LogP) is 4.17. The van der Waals surface area contributed by atoms with Gasteiger partial charge in [0.2, 0.25) is 0 Å². The van der Waals surface area contributed by atoms with Gasteiger partial charge in [-0.25, -0.2) is 0 Å². The summed E-state index contributed by atoms with van der Waals surface area (Å²) in [5.74, 6) is -0.455. The summed E-state index contributed by atoms with van der Waals surface area (Å²) in [7, 11) is 0. The Balaban J connectivity index is 2.00.